The molecule has 7 nitrogen and oxygen atoms in total. The number of anilines is 3. The van der Waals surface area contributed by atoms with Crippen molar-refractivity contribution in [3.8, 4) is 0 Å². The molecule has 5 rings (SSSR count). The largest absolute Gasteiger partial charge is 0.351 e. The molecule has 0 atom stereocenters. The molecule has 34 heavy (non-hydrogen) atoms. The van der Waals surface area contributed by atoms with Gasteiger partial charge in [0.25, 0.3) is 0 Å². The van der Waals surface area contributed by atoms with Gasteiger partial charge in [-0.15, -0.1) is 0 Å². The third-order valence-corrected chi connectivity index (χ3v) is 7.74. The summed E-state index contributed by atoms with van der Waals surface area (Å²) in [7, 11) is -2.88. The smallest absolute Gasteiger partial charge is 0.323 e. The van der Waals surface area contributed by atoms with Gasteiger partial charge in [-0.2, -0.15) is 10.6 Å². The topological polar surface area (TPSA) is 97.7 Å². The van der Waals surface area contributed by atoms with Crippen LogP contribution in [0.15, 0.2) is 83.8 Å². The molecule has 1 aliphatic heterocycles. The highest BCUT2D eigenvalue weighted by atomic mass is 32.3. The molecule has 0 saturated carbocycles. The van der Waals surface area contributed by atoms with Crippen molar-refractivity contribution >= 4 is 44.7 Å². The van der Waals surface area contributed by atoms with E-state index in [2.05, 4.69) is 10.6 Å². The third-order valence-electron chi connectivity index (χ3n) is 5.89. The average molecular weight is 475 g/mol. The molecule has 0 spiro atoms. The number of para-hydroxylation sites is 1. The van der Waals surface area contributed by atoms with Crippen molar-refractivity contribution in [2.45, 2.75) is 18.4 Å². The molecule has 4 aromatic rings. The van der Waals surface area contributed by atoms with Crippen molar-refractivity contribution in [1.82, 2.24) is 4.98 Å². The number of carbonyl (C=O) groups is 1. The highest BCUT2D eigenvalue weighted by Crippen LogP contribution is 2.51. The van der Waals surface area contributed by atoms with Crippen LogP contribution in [0.5, 0.6) is 0 Å². The van der Waals surface area contributed by atoms with Crippen LogP contribution in [-0.2, 0) is 6.54 Å². The van der Waals surface area contributed by atoms with Crippen molar-refractivity contribution in [2.24, 2.45) is 0 Å². The van der Waals surface area contributed by atoms with Gasteiger partial charge < -0.3 is 15.5 Å². The van der Waals surface area contributed by atoms with Crippen LogP contribution >= 0.6 is 10.6 Å². The van der Waals surface area contributed by atoms with Crippen molar-refractivity contribution in [3.63, 3.8) is 0 Å². The maximum Gasteiger partial charge on any atom is 0.323 e. The van der Waals surface area contributed by atoms with Crippen molar-refractivity contribution in [1.29, 1.82) is 0 Å². The summed E-state index contributed by atoms with van der Waals surface area (Å²) in [5, 5.41) is 6.68. The number of aryl methyl sites for hydroxylation is 1. The fourth-order valence-electron chi connectivity index (χ4n) is 4.18. The summed E-state index contributed by atoms with van der Waals surface area (Å²) in [5.74, 6) is 0.882. The molecule has 0 radical (unpaired) electrons. The summed E-state index contributed by atoms with van der Waals surface area (Å²) in [6.07, 6.45) is 0. The van der Waals surface area contributed by atoms with Crippen LogP contribution in [0.4, 0.5) is 22.0 Å². The first-order valence-corrected chi connectivity index (χ1v) is 12.7. The standard InChI is InChI=1S/C26H26N4O3S/c1-18-11-12-22-21(15-18)23(29-26(31)27-20-8-3-2-4-9-20)16-25(28-22)30-13-14-34(32,33)24-10-6-5-7-19(24)17-30/h2-12,15-16,32-33H,13-14,17H2,1H3,(H2,27,28,29,31). The number of nitrogens with one attached hydrogen (secondary N) is 2. The Kier molecular flexibility index (Phi) is 5.87. The number of urea groups is 1. The lowest BCUT2D eigenvalue weighted by atomic mass is 10.1. The molecule has 0 bridgehead atoms. The van der Waals surface area contributed by atoms with Crippen LogP contribution in [0.3, 0.4) is 0 Å². The Bertz CT molecular complexity index is 1360. The maximum atomic E-state index is 12.8. The summed E-state index contributed by atoms with van der Waals surface area (Å²) in [4.78, 5) is 20.3. The fraction of sp³-hybridized carbons (Fsp3) is 0.154. The molecule has 8 heteroatoms. The number of hydrogen-bond donors (Lipinski definition) is 4. The summed E-state index contributed by atoms with van der Waals surface area (Å²) in [6, 6.07) is 24.1. The molecule has 0 aliphatic carbocycles. The van der Waals surface area contributed by atoms with Crippen LogP contribution in [0.2, 0.25) is 0 Å². The number of benzene rings is 3. The van der Waals surface area contributed by atoms with Crippen LogP contribution in [0, 0.1) is 6.92 Å². The third kappa shape index (κ3) is 4.56. The Morgan fingerprint density at radius 1 is 0.971 bits per heavy atom. The second-order valence-electron chi connectivity index (χ2n) is 8.39. The predicted octanol–water partition coefficient (Wildman–Crippen LogP) is 6.32. The molecular weight excluding hydrogens is 448 g/mol. The molecule has 3 aromatic carbocycles. The monoisotopic (exact) mass is 474 g/mol. The highest BCUT2D eigenvalue weighted by molar-refractivity contribution is 8.24. The minimum Gasteiger partial charge on any atom is -0.351 e. The second kappa shape index (κ2) is 8.98. The second-order valence-corrected chi connectivity index (χ2v) is 10.6. The van der Waals surface area contributed by atoms with E-state index in [-0.39, 0.29) is 11.8 Å². The van der Waals surface area contributed by atoms with Crippen LogP contribution < -0.4 is 15.5 Å². The zero-order valence-electron chi connectivity index (χ0n) is 18.7. The van der Waals surface area contributed by atoms with E-state index in [4.69, 9.17) is 4.98 Å². The number of hydrogen-bond acceptors (Lipinski definition) is 5. The lowest BCUT2D eigenvalue weighted by molar-refractivity contribution is 0.262. The van der Waals surface area contributed by atoms with E-state index in [1.165, 1.54) is 0 Å². The van der Waals surface area contributed by atoms with E-state index in [0.29, 0.717) is 35.2 Å². The summed E-state index contributed by atoms with van der Waals surface area (Å²) in [6.45, 7) is 2.92. The van der Waals surface area contributed by atoms with Gasteiger partial charge in [-0.1, -0.05) is 48.0 Å². The van der Waals surface area contributed by atoms with E-state index in [1.54, 1.807) is 6.07 Å². The minimum absolute atomic E-state index is 0.217. The number of aromatic nitrogens is 1. The Labute approximate surface area is 199 Å². The predicted molar refractivity (Wildman–Crippen MR) is 139 cm³/mol. The van der Waals surface area contributed by atoms with Crippen molar-refractivity contribution in [3.05, 3.63) is 90.0 Å². The molecule has 0 fully saturated rings. The minimum atomic E-state index is -2.88. The Balaban J connectivity index is 1.51. The van der Waals surface area contributed by atoms with E-state index >= 15 is 0 Å². The first kappa shape index (κ1) is 22.2. The van der Waals surface area contributed by atoms with Gasteiger partial charge >= 0.3 is 6.03 Å². The average Bonchev–Trinajstić information content (AvgIpc) is 2.96. The fourth-order valence-corrected chi connectivity index (χ4v) is 5.72. The van der Waals surface area contributed by atoms with Gasteiger partial charge in [0.1, 0.15) is 5.82 Å². The number of fused-ring (bicyclic) bond motifs is 2. The van der Waals surface area contributed by atoms with Gasteiger partial charge in [0, 0.05) is 30.2 Å². The zero-order valence-corrected chi connectivity index (χ0v) is 19.5. The maximum absolute atomic E-state index is 12.8. The summed E-state index contributed by atoms with van der Waals surface area (Å²) >= 11 is 0. The van der Waals surface area contributed by atoms with E-state index in [1.807, 2.05) is 84.6 Å². The van der Waals surface area contributed by atoms with E-state index in [0.717, 1.165) is 22.0 Å². The summed E-state index contributed by atoms with van der Waals surface area (Å²) in [5.41, 5.74) is 4.01. The molecule has 0 saturated heterocycles. The lowest BCUT2D eigenvalue weighted by Crippen LogP contribution is -2.26. The number of amides is 2. The first-order valence-electron chi connectivity index (χ1n) is 11.0. The SMILES string of the molecule is Cc1ccc2nc(N3CCS(O)(O)c4ccccc4C3)cc(NC(=O)Nc3ccccc3)c2c1. The van der Waals surface area contributed by atoms with Crippen molar-refractivity contribution in [2.75, 3.05) is 27.8 Å². The number of pyridine rings is 1. The van der Waals surface area contributed by atoms with Gasteiger partial charge in [0.2, 0.25) is 0 Å². The van der Waals surface area contributed by atoms with E-state index in [9.17, 15) is 13.9 Å². The van der Waals surface area contributed by atoms with Gasteiger partial charge in [-0.05, 0) is 42.8 Å². The quantitative estimate of drug-likeness (QED) is 0.279. The molecule has 1 aliphatic rings. The Morgan fingerprint density at radius 2 is 1.74 bits per heavy atom. The molecule has 0 unspecified atom stereocenters. The van der Waals surface area contributed by atoms with Crippen LogP contribution in [0.1, 0.15) is 11.1 Å². The Hall–Kier alpha value is -3.59. The van der Waals surface area contributed by atoms with Gasteiger partial charge in [0.05, 0.1) is 21.9 Å². The summed E-state index contributed by atoms with van der Waals surface area (Å²) < 4.78 is 21.4. The lowest BCUT2D eigenvalue weighted by Gasteiger charge is -2.32. The molecular formula is C26H26N4O3S. The van der Waals surface area contributed by atoms with Gasteiger partial charge in [-0.25, -0.2) is 9.78 Å². The van der Waals surface area contributed by atoms with Crippen LogP contribution in [-0.4, -0.2) is 32.4 Å². The number of nitrogens with zero attached hydrogens (tertiary/aromatic N) is 2. The molecule has 4 N–H and O–H groups in total. The molecule has 2 heterocycles. The first-order chi connectivity index (χ1) is 16.4. The molecule has 1 aromatic heterocycles. The zero-order chi connectivity index (χ0) is 23.7. The normalized spacial score (nSPS) is 15.8. The highest BCUT2D eigenvalue weighted by Gasteiger charge is 2.26. The van der Waals surface area contributed by atoms with Crippen LogP contribution in [0.25, 0.3) is 10.9 Å². The van der Waals surface area contributed by atoms with E-state index < -0.39 is 10.6 Å². The number of carbonyl (C=O) groups excluding carboxylic acids is 1. The molecule has 2 amide bonds. The van der Waals surface area contributed by atoms with Gasteiger partial charge in [0.15, 0.2) is 0 Å². The number of rotatable bonds is 3. The van der Waals surface area contributed by atoms with Crippen molar-refractivity contribution < 1.29 is 13.9 Å². The molecule has 174 valence electrons. The van der Waals surface area contributed by atoms with Gasteiger partial charge in [-0.3, -0.25) is 9.11 Å². The Morgan fingerprint density at radius 3 is 2.56 bits per heavy atom.